The van der Waals surface area contributed by atoms with Gasteiger partial charge < -0.3 is 28.8 Å². The topological polar surface area (TPSA) is 108 Å². The van der Waals surface area contributed by atoms with Crippen LogP contribution in [0.2, 0.25) is 0 Å². The van der Waals surface area contributed by atoms with E-state index in [1.54, 1.807) is 0 Å². The molecule has 2 N–H and O–H groups in total. The highest BCUT2D eigenvalue weighted by Gasteiger charge is 2.24. The van der Waals surface area contributed by atoms with Crippen LogP contribution in [0.1, 0.15) is 245 Å². The van der Waals surface area contributed by atoms with E-state index in [0.29, 0.717) is 23.9 Å². The van der Waals surface area contributed by atoms with Crippen molar-refractivity contribution in [3.8, 4) is 0 Å². The summed E-state index contributed by atoms with van der Waals surface area (Å²) in [6.07, 6.45) is 53.2. The molecule has 3 unspecified atom stereocenters. The van der Waals surface area contributed by atoms with E-state index in [2.05, 4.69) is 43.5 Å². The maximum absolute atomic E-state index is 12.7. The smallest absolute Gasteiger partial charge is 0.268 e. The molecule has 1 amide bonds. The third-order valence-corrected chi connectivity index (χ3v) is 12.7. The molecule has 0 saturated heterocycles. The fourth-order valence-electron chi connectivity index (χ4n) is 7.60. The number of likely N-dealkylation sites (N-methyl/N-ethyl adjacent to an activating group) is 1. The number of quaternary nitrogens is 1. The zero-order valence-electron chi connectivity index (χ0n) is 40.4. The van der Waals surface area contributed by atoms with E-state index in [9.17, 15) is 19.4 Å². The van der Waals surface area contributed by atoms with Gasteiger partial charge in [-0.15, -0.1) is 0 Å². The van der Waals surface area contributed by atoms with E-state index in [-0.39, 0.29) is 19.1 Å². The van der Waals surface area contributed by atoms with Crippen LogP contribution in [0, 0.1) is 0 Å². The van der Waals surface area contributed by atoms with Crippen molar-refractivity contribution in [1.82, 2.24) is 5.32 Å². The molecule has 0 aromatic rings. The lowest BCUT2D eigenvalue weighted by Crippen LogP contribution is -2.46. The Labute approximate surface area is 373 Å². The Morgan fingerprint density at radius 1 is 0.583 bits per heavy atom. The van der Waals surface area contributed by atoms with E-state index in [1.807, 2.05) is 21.1 Å². The van der Waals surface area contributed by atoms with Crippen molar-refractivity contribution in [2.75, 3.05) is 40.9 Å². The van der Waals surface area contributed by atoms with Gasteiger partial charge in [0.25, 0.3) is 7.82 Å². The zero-order chi connectivity index (χ0) is 44.3. The first-order valence-corrected chi connectivity index (χ1v) is 27.1. The molecule has 0 spiro atoms. The molecule has 0 aliphatic heterocycles. The van der Waals surface area contributed by atoms with Crippen molar-refractivity contribution in [3.63, 3.8) is 0 Å². The first-order valence-electron chi connectivity index (χ1n) is 25.7. The van der Waals surface area contributed by atoms with E-state index in [4.69, 9.17) is 9.05 Å². The highest BCUT2D eigenvalue weighted by atomic mass is 31.2. The molecule has 0 bridgehead atoms. The summed E-state index contributed by atoms with van der Waals surface area (Å²) in [5.74, 6) is -0.173. The number of carbonyl (C=O) groups is 1. The lowest BCUT2D eigenvalue weighted by atomic mass is 10.0. The summed E-state index contributed by atoms with van der Waals surface area (Å²) in [6.45, 7) is 4.55. The number of carbonyl (C=O) groups excluding carboxylic acids is 1. The van der Waals surface area contributed by atoms with Crippen molar-refractivity contribution in [2.45, 2.75) is 257 Å². The Morgan fingerprint density at radius 3 is 1.38 bits per heavy atom. The van der Waals surface area contributed by atoms with E-state index in [0.717, 1.165) is 44.9 Å². The van der Waals surface area contributed by atoms with Gasteiger partial charge in [0.2, 0.25) is 5.91 Å². The summed E-state index contributed by atoms with van der Waals surface area (Å²) in [5.41, 5.74) is 0. The lowest BCUT2D eigenvalue weighted by Gasteiger charge is -2.30. The maximum atomic E-state index is 12.7. The third kappa shape index (κ3) is 45.0. The van der Waals surface area contributed by atoms with E-state index >= 15 is 0 Å². The Hall–Kier alpha value is -1.02. The second kappa shape index (κ2) is 43.2. The highest BCUT2D eigenvalue weighted by Crippen LogP contribution is 2.38. The average molecular weight is 869 g/mol. The van der Waals surface area contributed by atoms with Gasteiger partial charge >= 0.3 is 0 Å². The number of phosphoric ester groups is 1. The second-order valence-corrected chi connectivity index (χ2v) is 20.3. The molecule has 0 rings (SSSR count). The van der Waals surface area contributed by atoms with Gasteiger partial charge in [0.05, 0.1) is 39.9 Å². The standard InChI is InChI=1S/C51H101N2O6P/c1-6-8-10-11-12-13-14-15-16-17-18-19-20-21-22-23-24-25-26-27-28-29-30-31-32-33-34-35-36-37-38-39-40-41-43-45-51(55)52-49(50(54)44-42-9-7-2)48-59-60(56,57)58-47-46-53(3,4)5/h14-15,17-18,49-50,54H,6-13,16,19-48H2,1-5H3,(H-,52,55,56,57)/b15-14-,18-17-. The van der Waals surface area contributed by atoms with Gasteiger partial charge in [-0.1, -0.05) is 218 Å². The molecule has 0 saturated carbocycles. The molecule has 0 radical (unpaired) electrons. The van der Waals surface area contributed by atoms with Crippen molar-refractivity contribution >= 4 is 13.7 Å². The fourth-order valence-corrected chi connectivity index (χ4v) is 8.32. The van der Waals surface area contributed by atoms with Crippen molar-refractivity contribution in [2.24, 2.45) is 0 Å². The van der Waals surface area contributed by atoms with Crippen LogP contribution < -0.4 is 10.2 Å². The van der Waals surface area contributed by atoms with Gasteiger partial charge in [0.1, 0.15) is 13.2 Å². The van der Waals surface area contributed by atoms with Crippen LogP contribution in [-0.2, 0) is 18.4 Å². The predicted molar refractivity (Wildman–Crippen MR) is 256 cm³/mol. The minimum atomic E-state index is -4.54. The molecule has 0 aromatic heterocycles. The largest absolute Gasteiger partial charge is 0.756 e. The van der Waals surface area contributed by atoms with Gasteiger partial charge in [-0.3, -0.25) is 9.36 Å². The van der Waals surface area contributed by atoms with Crippen LogP contribution in [0.5, 0.6) is 0 Å². The molecule has 0 aliphatic carbocycles. The summed E-state index contributed by atoms with van der Waals surface area (Å²) in [4.78, 5) is 25.0. The Bertz CT molecular complexity index is 1030. The number of hydrogen-bond acceptors (Lipinski definition) is 6. The summed E-state index contributed by atoms with van der Waals surface area (Å²) >= 11 is 0. The van der Waals surface area contributed by atoms with Crippen LogP contribution in [0.4, 0.5) is 0 Å². The summed E-state index contributed by atoms with van der Waals surface area (Å²) in [5, 5.41) is 13.6. The van der Waals surface area contributed by atoms with Gasteiger partial charge in [-0.25, -0.2) is 0 Å². The fraction of sp³-hybridized carbons (Fsp3) is 0.902. The van der Waals surface area contributed by atoms with Crippen molar-refractivity contribution in [1.29, 1.82) is 0 Å². The van der Waals surface area contributed by atoms with E-state index in [1.165, 1.54) is 173 Å². The zero-order valence-corrected chi connectivity index (χ0v) is 41.3. The number of allylic oxidation sites excluding steroid dienone is 4. The SMILES string of the molecule is CCCCCCC/C=C\C/C=C\CCCCCCCCCCCCCCCCCCCCCCCCCC(=O)NC(COP(=O)([O-])OCC[N+](C)(C)C)C(O)CCCCC. The number of amides is 1. The Balaban J connectivity index is 3.64. The molecule has 9 heteroatoms. The summed E-state index contributed by atoms with van der Waals surface area (Å²) in [7, 11) is 1.31. The Kier molecular flexibility index (Phi) is 42.5. The minimum Gasteiger partial charge on any atom is -0.756 e. The molecule has 0 fully saturated rings. The molecule has 0 aromatic carbocycles. The maximum Gasteiger partial charge on any atom is 0.268 e. The minimum absolute atomic E-state index is 0.0124. The van der Waals surface area contributed by atoms with Crippen molar-refractivity contribution < 1.29 is 32.9 Å². The molecule has 356 valence electrons. The molecule has 0 heterocycles. The van der Waals surface area contributed by atoms with Crippen LogP contribution in [-0.4, -0.2) is 68.5 Å². The number of unbranched alkanes of at least 4 members (excludes halogenated alkanes) is 30. The van der Waals surface area contributed by atoms with Gasteiger partial charge in [0.15, 0.2) is 0 Å². The third-order valence-electron chi connectivity index (χ3n) is 11.7. The highest BCUT2D eigenvalue weighted by molar-refractivity contribution is 7.45. The number of rotatable bonds is 47. The number of aliphatic hydroxyl groups is 1. The van der Waals surface area contributed by atoms with Gasteiger partial charge in [-0.05, 0) is 44.9 Å². The van der Waals surface area contributed by atoms with Gasteiger partial charge in [0, 0.05) is 6.42 Å². The normalized spacial score (nSPS) is 14.3. The van der Waals surface area contributed by atoms with Crippen LogP contribution >= 0.6 is 7.82 Å². The lowest BCUT2D eigenvalue weighted by molar-refractivity contribution is -0.870. The molecular weight excluding hydrogens is 768 g/mol. The number of hydrogen-bond donors (Lipinski definition) is 2. The second-order valence-electron chi connectivity index (χ2n) is 18.9. The van der Waals surface area contributed by atoms with Gasteiger partial charge in [-0.2, -0.15) is 0 Å². The molecule has 60 heavy (non-hydrogen) atoms. The number of nitrogens with zero attached hydrogens (tertiary/aromatic N) is 1. The average Bonchev–Trinajstić information content (AvgIpc) is 3.20. The summed E-state index contributed by atoms with van der Waals surface area (Å²) in [6, 6.07) is -0.792. The molecule has 0 aliphatic rings. The Morgan fingerprint density at radius 2 is 0.967 bits per heavy atom. The van der Waals surface area contributed by atoms with Crippen molar-refractivity contribution in [3.05, 3.63) is 24.3 Å². The number of aliphatic hydroxyl groups excluding tert-OH is 1. The number of phosphoric acid groups is 1. The molecular formula is C51H101N2O6P. The molecule has 8 nitrogen and oxygen atoms in total. The van der Waals surface area contributed by atoms with E-state index < -0.39 is 20.0 Å². The summed E-state index contributed by atoms with van der Waals surface area (Å²) < 4.78 is 23.0. The van der Waals surface area contributed by atoms with Crippen LogP contribution in [0.15, 0.2) is 24.3 Å². The quantitative estimate of drug-likeness (QED) is 0.0273. The first kappa shape index (κ1) is 59.0. The van der Waals surface area contributed by atoms with Crippen LogP contribution in [0.3, 0.4) is 0 Å². The monoisotopic (exact) mass is 869 g/mol. The van der Waals surface area contributed by atoms with Crippen LogP contribution in [0.25, 0.3) is 0 Å². The predicted octanol–water partition coefficient (Wildman–Crippen LogP) is 14.2. The number of nitrogens with one attached hydrogen (secondary N) is 1. The molecule has 3 atom stereocenters. The first-order chi connectivity index (χ1) is 29.0.